The lowest BCUT2D eigenvalue weighted by Gasteiger charge is -2.08. The van der Waals surface area contributed by atoms with Crippen molar-refractivity contribution in [2.75, 3.05) is 0 Å². The van der Waals surface area contributed by atoms with Gasteiger partial charge >= 0.3 is 0 Å². The van der Waals surface area contributed by atoms with Gasteiger partial charge in [0.25, 0.3) is 0 Å². The molecule has 1 aromatic heterocycles. The molecule has 0 aliphatic heterocycles. The SMILES string of the molecule is C[C@H](NC(=O)C1CC1)c1nc(-c2cccc(Cl)c2)no1. The van der Waals surface area contributed by atoms with Gasteiger partial charge in [-0.2, -0.15) is 4.98 Å². The number of nitrogens with one attached hydrogen (secondary N) is 1. The second kappa shape index (κ2) is 5.25. The Hall–Kier alpha value is -1.88. The maximum Gasteiger partial charge on any atom is 0.249 e. The van der Waals surface area contributed by atoms with Gasteiger partial charge in [0.2, 0.25) is 17.6 Å². The number of carbonyl (C=O) groups is 1. The monoisotopic (exact) mass is 291 g/mol. The summed E-state index contributed by atoms with van der Waals surface area (Å²) in [4.78, 5) is 16.0. The minimum atomic E-state index is -0.288. The van der Waals surface area contributed by atoms with E-state index >= 15 is 0 Å². The van der Waals surface area contributed by atoms with E-state index in [9.17, 15) is 4.79 Å². The van der Waals surface area contributed by atoms with E-state index in [-0.39, 0.29) is 17.9 Å². The molecule has 3 rings (SSSR count). The number of benzene rings is 1. The lowest BCUT2D eigenvalue weighted by molar-refractivity contribution is -0.123. The lowest BCUT2D eigenvalue weighted by Crippen LogP contribution is -2.28. The van der Waals surface area contributed by atoms with Crippen LogP contribution in [0, 0.1) is 5.92 Å². The third-order valence-electron chi connectivity index (χ3n) is 3.20. The van der Waals surface area contributed by atoms with Gasteiger partial charge in [-0.1, -0.05) is 28.9 Å². The third-order valence-corrected chi connectivity index (χ3v) is 3.44. The third kappa shape index (κ3) is 2.82. The fourth-order valence-corrected chi connectivity index (χ4v) is 2.08. The van der Waals surface area contributed by atoms with Crippen LogP contribution in [0.15, 0.2) is 28.8 Å². The summed E-state index contributed by atoms with van der Waals surface area (Å²) in [6, 6.07) is 6.94. The predicted octanol–water partition coefficient (Wildman–Crippen LogP) is 2.98. The van der Waals surface area contributed by atoms with Crippen LogP contribution in [-0.4, -0.2) is 16.0 Å². The van der Waals surface area contributed by atoms with Gasteiger partial charge in [0.05, 0.1) is 0 Å². The fourth-order valence-electron chi connectivity index (χ4n) is 1.89. The van der Waals surface area contributed by atoms with E-state index in [1.807, 2.05) is 19.1 Å². The van der Waals surface area contributed by atoms with Crippen LogP contribution in [-0.2, 0) is 4.79 Å². The van der Waals surface area contributed by atoms with Gasteiger partial charge < -0.3 is 9.84 Å². The molecule has 0 bridgehead atoms. The highest BCUT2D eigenvalue weighted by Crippen LogP contribution is 2.30. The van der Waals surface area contributed by atoms with Gasteiger partial charge in [0.15, 0.2) is 0 Å². The molecule has 1 saturated carbocycles. The van der Waals surface area contributed by atoms with Crippen LogP contribution < -0.4 is 5.32 Å². The van der Waals surface area contributed by atoms with E-state index in [0.29, 0.717) is 16.7 Å². The van der Waals surface area contributed by atoms with Crippen LogP contribution in [0.3, 0.4) is 0 Å². The van der Waals surface area contributed by atoms with Crippen LogP contribution in [0.5, 0.6) is 0 Å². The van der Waals surface area contributed by atoms with E-state index < -0.39 is 0 Å². The molecule has 1 aliphatic carbocycles. The van der Waals surface area contributed by atoms with E-state index in [0.717, 1.165) is 18.4 Å². The zero-order valence-electron chi connectivity index (χ0n) is 11.0. The molecule has 104 valence electrons. The smallest absolute Gasteiger partial charge is 0.249 e. The average Bonchev–Trinajstić information content (AvgIpc) is 3.16. The zero-order valence-corrected chi connectivity index (χ0v) is 11.7. The van der Waals surface area contributed by atoms with Gasteiger partial charge in [0.1, 0.15) is 6.04 Å². The summed E-state index contributed by atoms with van der Waals surface area (Å²) < 4.78 is 5.20. The molecule has 1 aliphatic rings. The summed E-state index contributed by atoms with van der Waals surface area (Å²) in [5.74, 6) is 1.08. The second-order valence-electron chi connectivity index (χ2n) is 4.97. The Balaban J connectivity index is 1.74. The summed E-state index contributed by atoms with van der Waals surface area (Å²) in [5.41, 5.74) is 0.785. The predicted molar refractivity (Wildman–Crippen MR) is 74.0 cm³/mol. The molecule has 0 unspecified atom stereocenters. The molecule has 0 radical (unpaired) electrons. The number of carbonyl (C=O) groups excluding carboxylic acids is 1. The summed E-state index contributed by atoms with van der Waals surface area (Å²) in [7, 11) is 0. The maximum atomic E-state index is 11.7. The topological polar surface area (TPSA) is 68.0 Å². The van der Waals surface area contributed by atoms with Crippen molar-refractivity contribution in [2.45, 2.75) is 25.8 Å². The van der Waals surface area contributed by atoms with Crippen molar-refractivity contribution in [3.8, 4) is 11.4 Å². The van der Waals surface area contributed by atoms with Crippen molar-refractivity contribution < 1.29 is 9.32 Å². The molecule has 1 heterocycles. The molecule has 1 amide bonds. The summed E-state index contributed by atoms with van der Waals surface area (Å²) in [6.45, 7) is 1.83. The Bertz CT molecular complexity index is 637. The fraction of sp³-hybridized carbons (Fsp3) is 0.357. The van der Waals surface area contributed by atoms with Crippen LogP contribution in [0.1, 0.15) is 31.7 Å². The van der Waals surface area contributed by atoms with E-state index in [4.69, 9.17) is 16.1 Å². The lowest BCUT2D eigenvalue weighted by atomic mass is 10.2. The van der Waals surface area contributed by atoms with Crippen LogP contribution in [0.25, 0.3) is 11.4 Å². The van der Waals surface area contributed by atoms with Crippen molar-refractivity contribution in [3.05, 3.63) is 35.2 Å². The van der Waals surface area contributed by atoms with Gasteiger partial charge in [-0.05, 0) is 31.9 Å². The number of rotatable bonds is 4. The van der Waals surface area contributed by atoms with E-state index in [1.54, 1.807) is 12.1 Å². The highest BCUT2D eigenvalue weighted by molar-refractivity contribution is 6.30. The number of hydrogen-bond acceptors (Lipinski definition) is 4. The molecule has 5 nitrogen and oxygen atoms in total. The number of hydrogen-bond donors (Lipinski definition) is 1. The van der Waals surface area contributed by atoms with Crippen molar-refractivity contribution in [1.82, 2.24) is 15.5 Å². The Kier molecular flexibility index (Phi) is 3.44. The van der Waals surface area contributed by atoms with Crippen LogP contribution in [0.4, 0.5) is 0 Å². The first-order chi connectivity index (χ1) is 9.63. The van der Waals surface area contributed by atoms with Crippen LogP contribution >= 0.6 is 11.6 Å². The Morgan fingerprint density at radius 2 is 2.30 bits per heavy atom. The first-order valence-corrected chi connectivity index (χ1v) is 6.91. The highest BCUT2D eigenvalue weighted by atomic mass is 35.5. The second-order valence-corrected chi connectivity index (χ2v) is 5.41. The molecule has 1 fully saturated rings. The summed E-state index contributed by atoms with van der Waals surface area (Å²) in [5, 5.41) is 7.41. The molecular weight excluding hydrogens is 278 g/mol. The summed E-state index contributed by atoms with van der Waals surface area (Å²) >= 11 is 5.93. The number of aromatic nitrogens is 2. The number of halogens is 1. The minimum absolute atomic E-state index is 0.0556. The Morgan fingerprint density at radius 1 is 1.50 bits per heavy atom. The van der Waals surface area contributed by atoms with E-state index in [2.05, 4.69) is 15.5 Å². The molecule has 6 heteroatoms. The van der Waals surface area contributed by atoms with Gasteiger partial charge in [-0.15, -0.1) is 0 Å². The Morgan fingerprint density at radius 3 is 3.00 bits per heavy atom. The first-order valence-electron chi connectivity index (χ1n) is 6.53. The standard InChI is InChI=1S/C14H14ClN3O2/c1-8(16-13(19)9-5-6-9)14-17-12(18-20-14)10-3-2-4-11(15)7-10/h2-4,7-9H,5-6H2,1H3,(H,16,19)/t8-/m0/s1. The van der Waals surface area contributed by atoms with Crippen molar-refractivity contribution >= 4 is 17.5 Å². The average molecular weight is 292 g/mol. The zero-order chi connectivity index (χ0) is 14.1. The molecule has 0 spiro atoms. The minimum Gasteiger partial charge on any atom is -0.344 e. The Labute approximate surface area is 121 Å². The van der Waals surface area contributed by atoms with Crippen molar-refractivity contribution in [2.24, 2.45) is 5.92 Å². The molecule has 1 aromatic carbocycles. The van der Waals surface area contributed by atoms with Gasteiger partial charge in [0, 0.05) is 16.5 Å². The molecule has 1 atom stereocenters. The van der Waals surface area contributed by atoms with Crippen molar-refractivity contribution in [1.29, 1.82) is 0 Å². The molecule has 1 N–H and O–H groups in total. The normalized spacial score (nSPS) is 15.9. The van der Waals surface area contributed by atoms with E-state index in [1.165, 1.54) is 0 Å². The molecular formula is C14H14ClN3O2. The number of amides is 1. The quantitative estimate of drug-likeness (QED) is 0.940. The van der Waals surface area contributed by atoms with Crippen molar-refractivity contribution in [3.63, 3.8) is 0 Å². The summed E-state index contributed by atoms with van der Waals surface area (Å²) in [6.07, 6.45) is 1.94. The molecule has 20 heavy (non-hydrogen) atoms. The number of nitrogens with zero attached hydrogens (tertiary/aromatic N) is 2. The largest absolute Gasteiger partial charge is 0.344 e. The molecule has 2 aromatic rings. The van der Waals surface area contributed by atoms with Crippen LogP contribution in [0.2, 0.25) is 5.02 Å². The molecule has 0 saturated heterocycles. The highest BCUT2D eigenvalue weighted by Gasteiger charge is 2.31. The van der Waals surface area contributed by atoms with Gasteiger partial charge in [-0.3, -0.25) is 4.79 Å². The maximum absolute atomic E-state index is 11.7. The van der Waals surface area contributed by atoms with Gasteiger partial charge in [-0.25, -0.2) is 0 Å². The first kappa shape index (κ1) is 13.1.